The molecule has 102 valence electrons. The molecule has 6 heteroatoms. The summed E-state index contributed by atoms with van der Waals surface area (Å²) in [5.41, 5.74) is -0.0369. The molecule has 0 N–H and O–H groups in total. The van der Waals surface area contributed by atoms with Gasteiger partial charge in [-0.15, -0.1) is 0 Å². The van der Waals surface area contributed by atoms with Gasteiger partial charge in [0.15, 0.2) is 5.92 Å². The lowest BCUT2D eigenvalue weighted by atomic mass is 9.85. The minimum atomic E-state index is -4.57. The average molecular weight is 262 g/mol. The van der Waals surface area contributed by atoms with Crippen molar-refractivity contribution in [2.75, 3.05) is 13.1 Å². The molecule has 0 bridgehead atoms. The van der Waals surface area contributed by atoms with Gasteiger partial charge < -0.3 is 4.90 Å². The van der Waals surface area contributed by atoms with Gasteiger partial charge in [0, 0.05) is 19.5 Å². The van der Waals surface area contributed by atoms with E-state index in [0.29, 0.717) is 19.4 Å². The molecule has 1 saturated heterocycles. The van der Waals surface area contributed by atoms with Gasteiger partial charge in [-0.05, 0) is 18.3 Å². The number of amides is 1. The van der Waals surface area contributed by atoms with Crippen molar-refractivity contribution < 1.29 is 18.0 Å². The van der Waals surface area contributed by atoms with Gasteiger partial charge in [0.05, 0.1) is 6.07 Å². The fourth-order valence-corrected chi connectivity index (χ4v) is 1.92. The van der Waals surface area contributed by atoms with Gasteiger partial charge in [-0.25, -0.2) is 0 Å². The van der Waals surface area contributed by atoms with Crippen LogP contribution in [0.15, 0.2) is 0 Å². The van der Waals surface area contributed by atoms with Crippen LogP contribution in [0.1, 0.15) is 33.1 Å². The van der Waals surface area contributed by atoms with Gasteiger partial charge in [0.2, 0.25) is 5.91 Å². The first kappa shape index (κ1) is 14.8. The lowest BCUT2D eigenvalue weighted by molar-refractivity contribution is -0.165. The van der Waals surface area contributed by atoms with E-state index in [1.54, 1.807) is 0 Å². The first-order valence-electron chi connectivity index (χ1n) is 5.90. The van der Waals surface area contributed by atoms with Crippen molar-refractivity contribution in [1.82, 2.24) is 4.90 Å². The van der Waals surface area contributed by atoms with Crippen LogP contribution >= 0.6 is 0 Å². The second-order valence-corrected chi connectivity index (χ2v) is 5.48. The molecule has 1 aliphatic heterocycles. The van der Waals surface area contributed by atoms with E-state index in [2.05, 4.69) is 0 Å². The number of hydrogen-bond acceptors (Lipinski definition) is 2. The third kappa shape index (κ3) is 3.90. The summed E-state index contributed by atoms with van der Waals surface area (Å²) in [4.78, 5) is 12.9. The first-order chi connectivity index (χ1) is 8.15. The summed E-state index contributed by atoms with van der Waals surface area (Å²) in [5, 5.41) is 8.54. The number of nitrogens with zero attached hydrogens (tertiary/aromatic N) is 2. The molecule has 1 atom stereocenters. The van der Waals surface area contributed by atoms with Gasteiger partial charge in [0.1, 0.15) is 0 Å². The standard InChI is InChI=1S/C12H17F3N2O/c1-11(2)4-3-10(18)17(6-5-11)8-9(7-16)12(13,14)15/h9H,3-6,8H2,1-2H3. The zero-order valence-electron chi connectivity index (χ0n) is 10.5. The highest BCUT2D eigenvalue weighted by Gasteiger charge is 2.42. The second kappa shape index (κ2) is 5.17. The Morgan fingerprint density at radius 1 is 1.44 bits per heavy atom. The van der Waals surface area contributed by atoms with Gasteiger partial charge in [-0.2, -0.15) is 18.4 Å². The molecule has 1 heterocycles. The number of nitriles is 1. The molecule has 0 spiro atoms. The highest BCUT2D eigenvalue weighted by atomic mass is 19.4. The Morgan fingerprint density at radius 2 is 2.06 bits per heavy atom. The predicted molar refractivity (Wildman–Crippen MR) is 59.4 cm³/mol. The SMILES string of the molecule is CC1(C)CCC(=O)N(CC(C#N)C(F)(F)F)CC1. The van der Waals surface area contributed by atoms with Crippen molar-refractivity contribution in [3.05, 3.63) is 0 Å². The highest BCUT2D eigenvalue weighted by molar-refractivity contribution is 5.76. The van der Waals surface area contributed by atoms with Crippen LogP contribution in [0.2, 0.25) is 0 Å². The molecule has 1 rings (SSSR count). The third-order valence-electron chi connectivity index (χ3n) is 3.38. The molecule has 1 amide bonds. The van der Waals surface area contributed by atoms with E-state index in [1.165, 1.54) is 11.0 Å². The van der Waals surface area contributed by atoms with E-state index in [9.17, 15) is 18.0 Å². The maximum Gasteiger partial charge on any atom is 0.406 e. The Bertz CT molecular complexity index is 357. The third-order valence-corrected chi connectivity index (χ3v) is 3.38. The minimum absolute atomic E-state index is 0.0369. The number of hydrogen-bond donors (Lipinski definition) is 0. The Morgan fingerprint density at radius 3 is 2.56 bits per heavy atom. The molecule has 0 aliphatic carbocycles. The van der Waals surface area contributed by atoms with E-state index in [1.807, 2.05) is 13.8 Å². The monoisotopic (exact) mass is 262 g/mol. The molecular weight excluding hydrogens is 245 g/mol. The summed E-state index contributed by atoms with van der Waals surface area (Å²) in [6.45, 7) is 3.74. The molecule has 0 saturated carbocycles. The van der Waals surface area contributed by atoms with Crippen molar-refractivity contribution in [2.24, 2.45) is 11.3 Å². The first-order valence-corrected chi connectivity index (χ1v) is 5.90. The molecule has 18 heavy (non-hydrogen) atoms. The molecule has 0 radical (unpaired) electrons. The topological polar surface area (TPSA) is 44.1 Å². The zero-order chi connectivity index (χ0) is 14.0. The van der Waals surface area contributed by atoms with Gasteiger partial charge in [0.25, 0.3) is 0 Å². The molecule has 0 aromatic rings. The summed E-state index contributed by atoms with van der Waals surface area (Å²) in [5.74, 6) is -2.38. The Labute approximate surface area is 105 Å². The predicted octanol–water partition coefficient (Wildman–Crippen LogP) is 2.73. The maximum absolute atomic E-state index is 12.5. The fourth-order valence-electron chi connectivity index (χ4n) is 1.92. The number of carbonyl (C=O) groups is 1. The van der Waals surface area contributed by atoms with Crippen LogP contribution in [0.25, 0.3) is 0 Å². The molecule has 3 nitrogen and oxygen atoms in total. The number of alkyl halides is 3. The van der Waals surface area contributed by atoms with Crippen LogP contribution in [-0.2, 0) is 4.79 Å². The van der Waals surface area contributed by atoms with Crippen LogP contribution in [0.4, 0.5) is 13.2 Å². The van der Waals surface area contributed by atoms with Crippen LogP contribution in [0, 0.1) is 22.7 Å². The van der Waals surface area contributed by atoms with E-state index in [0.717, 1.165) is 0 Å². The van der Waals surface area contributed by atoms with E-state index in [-0.39, 0.29) is 17.7 Å². The summed E-state index contributed by atoms with van der Waals surface area (Å²) >= 11 is 0. The largest absolute Gasteiger partial charge is 0.406 e. The van der Waals surface area contributed by atoms with E-state index < -0.39 is 18.6 Å². The van der Waals surface area contributed by atoms with Crippen molar-refractivity contribution >= 4 is 5.91 Å². The zero-order valence-corrected chi connectivity index (χ0v) is 10.5. The summed E-state index contributed by atoms with van der Waals surface area (Å²) < 4.78 is 37.5. The number of halogens is 3. The molecular formula is C12H17F3N2O. The Balaban J connectivity index is 2.72. The number of likely N-dealkylation sites (tertiary alicyclic amines) is 1. The molecule has 0 aromatic heterocycles. The second-order valence-electron chi connectivity index (χ2n) is 5.48. The molecule has 1 aliphatic rings. The lowest BCUT2D eigenvalue weighted by Crippen LogP contribution is -2.39. The van der Waals surface area contributed by atoms with Crippen LogP contribution < -0.4 is 0 Å². The molecule has 1 fully saturated rings. The van der Waals surface area contributed by atoms with Gasteiger partial charge >= 0.3 is 6.18 Å². The summed E-state index contributed by atoms with van der Waals surface area (Å²) in [6, 6.07) is 1.23. The van der Waals surface area contributed by atoms with E-state index in [4.69, 9.17) is 5.26 Å². The van der Waals surface area contributed by atoms with Crippen molar-refractivity contribution in [2.45, 2.75) is 39.3 Å². The summed E-state index contributed by atoms with van der Waals surface area (Å²) in [7, 11) is 0. The Kier molecular flexibility index (Phi) is 4.25. The van der Waals surface area contributed by atoms with Crippen molar-refractivity contribution in [3.63, 3.8) is 0 Å². The number of rotatable bonds is 2. The van der Waals surface area contributed by atoms with E-state index >= 15 is 0 Å². The summed E-state index contributed by atoms with van der Waals surface area (Å²) in [6.07, 6.45) is -2.99. The smallest absolute Gasteiger partial charge is 0.341 e. The number of carbonyl (C=O) groups excluding carboxylic acids is 1. The van der Waals surface area contributed by atoms with Crippen LogP contribution in [-0.4, -0.2) is 30.1 Å². The van der Waals surface area contributed by atoms with Crippen LogP contribution in [0.5, 0.6) is 0 Å². The molecule has 1 unspecified atom stereocenters. The minimum Gasteiger partial charge on any atom is -0.341 e. The maximum atomic E-state index is 12.5. The normalized spacial score (nSPS) is 22.2. The van der Waals surface area contributed by atoms with Crippen molar-refractivity contribution in [1.29, 1.82) is 5.26 Å². The average Bonchev–Trinajstić information content (AvgIpc) is 2.35. The lowest BCUT2D eigenvalue weighted by Gasteiger charge is -2.25. The quantitative estimate of drug-likeness (QED) is 0.768. The van der Waals surface area contributed by atoms with Gasteiger partial charge in [-0.3, -0.25) is 4.79 Å². The molecule has 0 aromatic carbocycles. The van der Waals surface area contributed by atoms with Crippen LogP contribution in [0.3, 0.4) is 0 Å². The Hall–Kier alpha value is -1.25. The van der Waals surface area contributed by atoms with Gasteiger partial charge in [-0.1, -0.05) is 13.8 Å². The van der Waals surface area contributed by atoms with Crippen molar-refractivity contribution in [3.8, 4) is 6.07 Å². The fraction of sp³-hybridized carbons (Fsp3) is 0.833. The highest BCUT2D eigenvalue weighted by Crippen LogP contribution is 2.32.